The quantitative estimate of drug-likeness (QED) is 0.415. The Morgan fingerprint density at radius 3 is 2.50 bits per heavy atom. The number of carbonyl (C=O) groups excluding carboxylic acids is 1. The molecule has 0 bridgehead atoms. The smallest absolute Gasteiger partial charge is 0.120 e. The van der Waals surface area contributed by atoms with E-state index in [-0.39, 0.29) is 0 Å². The maximum atomic E-state index is 9.93. The van der Waals surface area contributed by atoms with Crippen LogP contribution in [0.1, 0.15) is 39.5 Å². The predicted molar refractivity (Wildman–Crippen MR) is 50.2 cm³/mol. The highest BCUT2D eigenvalue weighted by Gasteiger charge is 1.93. The summed E-state index contributed by atoms with van der Waals surface area (Å²) >= 11 is 0. The van der Waals surface area contributed by atoms with Crippen LogP contribution in [0.25, 0.3) is 0 Å². The molecule has 0 aromatic rings. The van der Waals surface area contributed by atoms with Gasteiger partial charge in [-0.25, -0.2) is 0 Å². The average Bonchev–Trinajstić information content (AvgIpc) is 2.02. The highest BCUT2D eigenvalue weighted by Crippen LogP contribution is 2.03. The molecule has 0 saturated heterocycles. The Bertz CT molecular complexity index is 100. The van der Waals surface area contributed by atoms with Crippen molar-refractivity contribution >= 4 is 6.29 Å². The zero-order chi connectivity index (χ0) is 9.23. The summed E-state index contributed by atoms with van der Waals surface area (Å²) in [7, 11) is 0. The molecule has 72 valence electrons. The molecule has 0 aromatic heterocycles. The first kappa shape index (κ1) is 11.6. The number of rotatable bonds is 8. The highest BCUT2D eigenvalue weighted by molar-refractivity contribution is 5.48. The minimum atomic E-state index is 0.629. The summed E-state index contributed by atoms with van der Waals surface area (Å²) in [5, 5.41) is 0. The minimum absolute atomic E-state index is 0.629. The van der Waals surface area contributed by atoms with Crippen molar-refractivity contribution in [1.29, 1.82) is 0 Å². The van der Waals surface area contributed by atoms with Gasteiger partial charge in [0.15, 0.2) is 0 Å². The fourth-order valence-electron chi connectivity index (χ4n) is 0.964. The molecule has 0 heterocycles. The largest absolute Gasteiger partial charge is 0.381 e. The van der Waals surface area contributed by atoms with Crippen molar-refractivity contribution in [3.05, 3.63) is 0 Å². The minimum Gasteiger partial charge on any atom is -0.381 e. The molecule has 0 aliphatic carbocycles. The van der Waals surface area contributed by atoms with E-state index in [1.54, 1.807) is 0 Å². The Hall–Kier alpha value is -0.370. The van der Waals surface area contributed by atoms with Crippen molar-refractivity contribution in [3.8, 4) is 0 Å². The van der Waals surface area contributed by atoms with E-state index in [1.807, 2.05) is 0 Å². The van der Waals surface area contributed by atoms with Gasteiger partial charge in [-0.05, 0) is 25.2 Å². The lowest BCUT2D eigenvalue weighted by Crippen LogP contribution is -1.99. The number of carbonyl (C=O) groups is 1. The van der Waals surface area contributed by atoms with E-state index in [4.69, 9.17) is 4.74 Å². The Kier molecular flexibility index (Phi) is 8.46. The second-order valence-corrected chi connectivity index (χ2v) is 3.46. The molecule has 0 N–H and O–H groups in total. The van der Waals surface area contributed by atoms with Crippen LogP contribution in [0, 0.1) is 5.92 Å². The summed E-state index contributed by atoms with van der Waals surface area (Å²) in [5.41, 5.74) is 0. The van der Waals surface area contributed by atoms with Crippen molar-refractivity contribution < 1.29 is 9.53 Å². The SMILES string of the molecule is CC(C)CCCOCCCC=O. The summed E-state index contributed by atoms with van der Waals surface area (Å²) in [6, 6.07) is 0. The van der Waals surface area contributed by atoms with Crippen molar-refractivity contribution in [1.82, 2.24) is 0 Å². The van der Waals surface area contributed by atoms with E-state index in [9.17, 15) is 4.79 Å². The summed E-state index contributed by atoms with van der Waals surface area (Å²) in [4.78, 5) is 9.93. The van der Waals surface area contributed by atoms with E-state index in [0.717, 1.165) is 38.3 Å². The molecule has 2 heteroatoms. The lowest BCUT2D eigenvalue weighted by atomic mass is 10.1. The number of unbranched alkanes of at least 4 members (excludes halogenated alkanes) is 1. The van der Waals surface area contributed by atoms with Crippen LogP contribution < -0.4 is 0 Å². The fraction of sp³-hybridized carbons (Fsp3) is 0.900. The standard InChI is InChI=1S/C10H20O2/c1-10(2)6-5-9-12-8-4-3-7-11/h7,10H,3-6,8-9H2,1-2H3. The Labute approximate surface area is 75.3 Å². The summed E-state index contributed by atoms with van der Waals surface area (Å²) in [6.45, 7) is 6.01. The van der Waals surface area contributed by atoms with Gasteiger partial charge in [0.1, 0.15) is 6.29 Å². The predicted octanol–water partition coefficient (Wildman–Crippen LogP) is 2.42. The monoisotopic (exact) mass is 172 g/mol. The first-order valence-electron chi connectivity index (χ1n) is 4.78. The highest BCUT2D eigenvalue weighted by atomic mass is 16.5. The zero-order valence-electron chi connectivity index (χ0n) is 8.21. The van der Waals surface area contributed by atoms with Gasteiger partial charge in [-0.3, -0.25) is 0 Å². The molecule has 0 rings (SSSR count). The lowest BCUT2D eigenvalue weighted by Gasteiger charge is -2.04. The molecule has 0 aliphatic heterocycles. The van der Waals surface area contributed by atoms with Crippen molar-refractivity contribution in [2.75, 3.05) is 13.2 Å². The van der Waals surface area contributed by atoms with Crippen LogP contribution in [0.3, 0.4) is 0 Å². The van der Waals surface area contributed by atoms with Gasteiger partial charge in [0.2, 0.25) is 0 Å². The maximum Gasteiger partial charge on any atom is 0.120 e. The van der Waals surface area contributed by atoms with E-state index in [1.165, 1.54) is 6.42 Å². The van der Waals surface area contributed by atoms with Crippen LogP contribution in [0.15, 0.2) is 0 Å². The van der Waals surface area contributed by atoms with Gasteiger partial charge < -0.3 is 9.53 Å². The number of ether oxygens (including phenoxy) is 1. The maximum absolute atomic E-state index is 9.93. The normalized spacial score (nSPS) is 10.6. The summed E-state index contributed by atoms with van der Waals surface area (Å²) in [6.07, 6.45) is 4.80. The lowest BCUT2D eigenvalue weighted by molar-refractivity contribution is -0.108. The zero-order valence-corrected chi connectivity index (χ0v) is 8.21. The van der Waals surface area contributed by atoms with E-state index in [2.05, 4.69) is 13.8 Å². The molecule has 0 saturated carbocycles. The third-order valence-electron chi connectivity index (χ3n) is 1.68. The average molecular weight is 172 g/mol. The first-order valence-corrected chi connectivity index (χ1v) is 4.78. The molecular weight excluding hydrogens is 152 g/mol. The molecular formula is C10H20O2. The van der Waals surface area contributed by atoms with Gasteiger partial charge in [0, 0.05) is 19.6 Å². The third-order valence-corrected chi connectivity index (χ3v) is 1.68. The van der Waals surface area contributed by atoms with Gasteiger partial charge >= 0.3 is 0 Å². The molecule has 0 atom stereocenters. The molecule has 0 aliphatic rings. The van der Waals surface area contributed by atoms with E-state index in [0.29, 0.717) is 6.42 Å². The summed E-state index contributed by atoms with van der Waals surface area (Å²) in [5.74, 6) is 0.767. The summed E-state index contributed by atoms with van der Waals surface area (Å²) < 4.78 is 5.33. The second-order valence-electron chi connectivity index (χ2n) is 3.46. The number of hydrogen-bond donors (Lipinski definition) is 0. The topological polar surface area (TPSA) is 26.3 Å². The van der Waals surface area contributed by atoms with E-state index >= 15 is 0 Å². The van der Waals surface area contributed by atoms with Crippen LogP contribution >= 0.6 is 0 Å². The molecule has 0 amide bonds. The Morgan fingerprint density at radius 2 is 1.92 bits per heavy atom. The second kappa shape index (κ2) is 8.72. The van der Waals surface area contributed by atoms with Gasteiger partial charge in [0.05, 0.1) is 0 Å². The van der Waals surface area contributed by atoms with Crippen LogP contribution in [-0.2, 0) is 9.53 Å². The van der Waals surface area contributed by atoms with Crippen LogP contribution in [-0.4, -0.2) is 19.5 Å². The molecule has 0 unspecified atom stereocenters. The molecule has 0 spiro atoms. The van der Waals surface area contributed by atoms with Crippen LogP contribution in [0.4, 0.5) is 0 Å². The molecule has 12 heavy (non-hydrogen) atoms. The number of aldehydes is 1. The van der Waals surface area contributed by atoms with Gasteiger partial charge in [-0.15, -0.1) is 0 Å². The Morgan fingerprint density at radius 1 is 1.25 bits per heavy atom. The van der Waals surface area contributed by atoms with Crippen LogP contribution in [0.5, 0.6) is 0 Å². The van der Waals surface area contributed by atoms with E-state index < -0.39 is 0 Å². The molecule has 0 fully saturated rings. The first-order chi connectivity index (χ1) is 5.77. The van der Waals surface area contributed by atoms with Gasteiger partial charge in [-0.2, -0.15) is 0 Å². The molecule has 2 nitrogen and oxygen atoms in total. The van der Waals surface area contributed by atoms with Crippen LogP contribution in [0.2, 0.25) is 0 Å². The molecule has 0 radical (unpaired) electrons. The van der Waals surface area contributed by atoms with Gasteiger partial charge in [-0.1, -0.05) is 13.8 Å². The third kappa shape index (κ3) is 9.63. The molecule has 0 aromatic carbocycles. The van der Waals surface area contributed by atoms with Crippen molar-refractivity contribution in [2.45, 2.75) is 39.5 Å². The van der Waals surface area contributed by atoms with Gasteiger partial charge in [0.25, 0.3) is 0 Å². The fourth-order valence-corrected chi connectivity index (χ4v) is 0.964. The number of hydrogen-bond acceptors (Lipinski definition) is 2. The van der Waals surface area contributed by atoms with Crippen molar-refractivity contribution in [2.24, 2.45) is 5.92 Å². The Balaban J connectivity index is 2.86. The van der Waals surface area contributed by atoms with Crippen molar-refractivity contribution in [3.63, 3.8) is 0 Å².